The van der Waals surface area contributed by atoms with Crippen LogP contribution in [0.25, 0.3) is 0 Å². The van der Waals surface area contributed by atoms with Gasteiger partial charge in [-0.05, 0) is 24.2 Å². The standard InChI is InChI=1S/C11H12ClFN2/c1-2-15(6-5-14)8-9-3-4-11(13)10(12)7-9/h3-4,7H,2,6,8H2,1H3. The van der Waals surface area contributed by atoms with Crippen LogP contribution in [-0.4, -0.2) is 18.0 Å². The smallest absolute Gasteiger partial charge is 0.141 e. The van der Waals surface area contributed by atoms with Crippen molar-refractivity contribution < 1.29 is 4.39 Å². The molecule has 0 bridgehead atoms. The zero-order valence-electron chi connectivity index (χ0n) is 8.50. The van der Waals surface area contributed by atoms with Crippen molar-refractivity contribution in [3.63, 3.8) is 0 Å². The molecule has 1 aromatic carbocycles. The van der Waals surface area contributed by atoms with E-state index in [0.29, 0.717) is 13.1 Å². The number of hydrogen-bond acceptors (Lipinski definition) is 2. The monoisotopic (exact) mass is 226 g/mol. The van der Waals surface area contributed by atoms with Gasteiger partial charge >= 0.3 is 0 Å². The van der Waals surface area contributed by atoms with Crippen LogP contribution in [0.2, 0.25) is 5.02 Å². The summed E-state index contributed by atoms with van der Waals surface area (Å²) in [4.78, 5) is 1.95. The van der Waals surface area contributed by atoms with Gasteiger partial charge in [-0.1, -0.05) is 24.6 Å². The molecule has 0 aromatic heterocycles. The summed E-state index contributed by atoms with van der Waals surface area (Å²) in [6.07, 6.45) is 0. The zero-order valence-corrected chi connectivity index (χ0v) is 9.26. The fourth-order valence-corrected chi connectivity index (χ4v) is 1.48. The molecule has 4 heteroatoms. The highest BCUT2D eigenvalue weighted by molar-refractivity contribution is 6.30. The van der Waals surface area contributed by atoms with E-state index in [1.165, 1.54) is 6.07 Å². The number of nitriles is 1. The number of benzene rings is 1. The second kappa shape index (κ2) is 5.69. The molecule has 0 heterocycles. The Hall–Kier alpha value is -1.11. The minimum Gasteiger partial charge on any atom is -0.287 e. The lowest BCUT2D eigenvalue weighted by Crippen LogP contribution is -2.22. The van der Waals surface area contributed by atoms with E-state index in [0.717, 1.165) is 12.1 Å². The molecule has 1 aromatic rings. The molecule has 15 heavy (non-hydrogen) atoms. The number of halogens is 2. The number of nitrogens with zero attached hydrogens (tertiary/aromatic N) is 2. The van der Waals surface area contributed by atoms with Crippen molar-refractivity contribution in [1.29, 1.82) is 5.26 Å². The first-order valence-electron chi connectivity index (χ1n) is 4.70. The lowest BCUT2D eigenvalue weighted by molar-refractivity contribution is 0.314. The third-order valence-electron chi connectivity index (χ3n) is 2.13. The van der Waals surface area contributed by atoms with E-state index in [9.17, 15) is 4.39 Å². The Morgan fingerprint density at radius 3 is 2.80 bits per heavy atom. The molecular weight excluding hydrogens is 215 g/mol. The third-order valence-corrected chi connectivity index (χ3v) is 2.42. The molecule has 80 valence electrons. The predicted octanol–water partition coefficient (Wildman–Crippen LogP) is 2.82. The second-order valence-corrected chi connectivity index (χ2v) is 3.62. The molecule has 0 saturated heterocycles. The van der Waals surface area contributed by atoms with Crippen molar-refractivity contribution in [2.24, 2.45) is 0 Å². The summed E-state index contributed by atoms with van der Waals surface area (Å²) in [6.45, 7) is 3.74. The summed E-state index contributed by atoms with van der Waals surface area (Å²) in [6, 6.07) is 6.70. The first-order valence-corrected chi connectivity index (χ1v) is 5.08. The minimum atomic E-state index is -0.413. The first-order chi connectivity index (χ1) is 7.17. The molecule has 0 aliphatic heterocycles. The average Bonchev–Trinajstić information content (AvgIpc) is 2.23. The van der Waals surface area contributed by atoms with Gasteiger partial charge in [0.1, 0.15) is 5.82 Å². The van der Waals surface area contributed by atoms with Crippen molar-refractivity contribution in [2.45, 2.75) is 13.5 Å². The molecular formula is C11H12ClFN2. The van der Waals surface area contributed by atoms with Crippen LogP contribution in [0.4, 0.5) is 4.39 Å². The topological polar surface area (TPSA) is 27.0 Å². The van der Waals surface area contributed by atoms with Gasteiger partial charge in [-0.15, -0.1) is 0 Å². The van der Waals surface area contributed by atoms with Gasteiger partial charge in [0.05, 0.1) is 17.6 Å². The summed E-state index contributed by atoms with van der Waals surface area (Å²) in [5.41, 5.74) is 0.915. The Bertz CT molecular complexity index is 373. The fourth-order valence-electron chi connectivity index (χ4n) is 1.28. The molecule has 0 aliphatic carbocycles. The lowest BCUT2D eigenvalue weighted by atomic mass is 10.2. The molecule has 0 radical (unpaired) electrons. The number of hydrogen-bond donors (Lipinski definition) is 0. The highest BCUT2D eigenvalue weighted by atomic mass is 35.5. The summed E-state index contributed by atoms with van der Waals surface area (Å²) in [5, 5.41) is 8.69. The van der Waals surface area contributed by atoms with Gasteiger partial charge < -0.3 is 0 Å². The van der Waals surface area contributed by atoms with Crippen LogP contribution >= 0.6 is 11.6 Å². The van der Waals surface area contributed by atoms with Crippen LogP contribution in [0.3, 0.4) is 0 Å². The van der Waals surface area contributed by atoms with Crippen molar-refractivity contribution in [3.8, 4) is 6.07 Å². The van der Waals surface area contributed by atoms with E-state index in [1.54, 1.807) is 12.1 Å². The zero-order chi connectivity index (χ0) is 11.3. The van der Waals surface area contributed by atoms with Gasteiger partial charge in [0.25, 0.3) is 0 Å². The van der Waals surface area contributed by atoms with Gasteiger partial charge in [0.15, 0.2) is 0 Å². The minimum absolute atomic E-state index is 0.125. The molecule has 0 fully saturated rings. The van der Waals surface area contributed by atoms with E-state index in [-0.39, 0.29) is 5.02 Å². The van der Waals surface area contributed by atoms with Crippen molar-refractivity contribution in [2.75, 3.05) is 13.1 Å². The molecule has 0 amide bonds. The maximum atomic E-state index is 12.9. The SMILES string of the molecule is CCN(CC#N)Cc1ccc(F)c(Cl)c1. The van der Waals surface area contributed by atoms with Gasteiger partial charge in [-0.3, -0.25) is 4.90 Å². The Labute approximate surface area is 93.9 Å². The maximum Gasteiger partial charge on any atom is 0.141 e. The number of rotatable bonds is 4. The fraction of sp³-hybridized carbons (Fsp3) is 0.364. The second-order valence-electron chi connectivity index (χ2n) is 3.21. The van der Waals surface area contributed by atoms with Gasteiger partial charge in [-0.25, -0.2) is 4.39 Å². The van der Waals surface area contributed by atoms with Crippen LogP contribution < -0.4 is 0 Å². The first kappa shape index (κ1) is 12.0. The van der Waals surface area contributed by atoms with Gasteiger partial charge in [0.2, 0.25) is 0 Å². The highest BCUT2D eigenvalue weighted by Crippen LogP contribution is 2.17. The quantitative estimate of drug-likeness (QED) is 0.739. The van der Waals surface area contributed by atoms with Crippen LogP contribution in [0.15, 0.2) is 18.2 Å². The van der Waals surface area contributed by atoms with Crippen LogP contribution in [0.1, 0.15) is 12.5 Å². The molecule has 0 unspecified atom stereocenters. The highest BCUT2D eigenvalue weighted by Gasteiger charge is 2.05. The van der Waals surface area contributed by atoms with E-state index >= 15 is 0 Å². The summed E-state index contributed by atoms with van der Waals surface area (Å²) < 4.78 is 12.9. The molecule has 0 saturated carbocycles. The normalized spacial score (nSPS) is 10.3. The van der Waals surface area contributed by atoms with Crippen LogP contribution in [0.5, 0.6) is 0 Å². The third kappa shape index (κ3) is 3.50. The van der Waals surface area contributed by atoms with E-state index in [1.807, 2.05) is 11.8 Å². The van der Waals surface area contributed by atoms with Gasteiger partial charge in [-0.2, -0.15) is 5.26 Å². The summed E-state index contributed by atoms with van der Waals surface area (Å²) >= 11 is 5.66. The molecule has 0 aliphatic rings. The Morgan fingerprint density at radius 2 is 2.27 bits per heavy atom. The van der Waals surface area contributed by atoms with Crippen molar-refractivity contribution in [1.82, 2.24) is 4.90 Å². The Kier molecular flexibility index (Phi) is 4.54. The predicted molar refractivity (Wildman–Crippen MR) is 58.0 cm³/mol. The molecule has 0 N–H and O–H groups in total. The molecule has 1 rings (SSSR count). The molecule has 0 spiro atoms. The van der Waals surface area contributed by atoms with Gasteiger partial charge in [0, 0.05) is 6.54 Å². The van der Waals surface area contributed by atoms with E-state index in [2.05, 4.69) is 6.07 Å². The summed E-state index contributed by atoms with van der Waals surface area (Å²) in [5.74, 6) is -0.413. The molecule has 0 atom stereocenters. The average molecular weight is 227 g/mol. The van der Waals surface area contributed by atoms with Crippen LogP contribution in [-0.2, 0) is 6.54 Å². The Morgan fingerprint density at radius 1 is 1.53 bits per heavy atom. The lowest BCUT2D eigenvalue weighted by Gasteiger charge is -2.16. The largest absolute Gasteiger partial charge is 0.287 e. The maximum absolute atomic E-state index is 12.9. The molecule has 2 nitrogen and oxygen atoms in total. The van der Waals surface area contributed by atoms with Crippen molar-refractivity contribution >= 4 is 11.6 Å². The Balaban J connectivity index is 2.71. The van der Waals surface area contributed by atoms with Crippen LogP contribution in [0, 0.1) is 17.1 Å². The van der Waals surface area contributed by atoms with Crippen molar-refractivity contribution in [3.05, 3.63) is 34.6 Å². The van der Waals surface area contributed by atoms with E-state index in [4.69, 9.17) is 16.9 Å². The van der Waals surface area contributed by atoms with E-state index < -0.39 is 5.82 Å². The summed E-state index contributed by atoms with van der Waals surface area (Å²) in [7, 11) is 0.